The maximum atomic E-state index is 13.3. The second-order valence-electron chi connectivity index (χ2n) is 8.59. The van der Waals surface area contributed by atoms with Crippen LogP contribution in [-0.4, -0.2) is 22.2 Å². The lowest BCUT2D eigenvalue weighted by atomic mass is 9.71. The molecular formula is C26H26FN3O. The number of carbonyl (C=O) groups is 1. The van der Waals surface area contributed by atoms with Gasteiger partial charge in [-0.25, -0.2) is 9.07 Å². The van der Waals surface area contributed by atoms with Crippen LogP contribution in [0, 0.1) is 11.2 Å². The van der Waals surface area contributed by atoms with E-state index in [-0.39, 0.29) is 23.1 Å². The molecule has 5 heteroatoms. The molecule has 0 aliphatic carbocycles. The highest BCUT2D eigenvalue weighted by molar-refractivity contribution is 5.81. The SMILES string of the molecule is CC(=O)NCC(C)(C)C(c1ccccc1)c1ccc2c(cnn2-c2ccc(F)cc2)c1. The number of halogens is 1. The van der Waals surface area contributed by atoms with E-state index in [2.05, 4.69) is 54.6 Å². The van der Waals surface area contributed by atoms with Crippen LogP contribution in [0.2, 0.25) is 0 Å². The van der Waals surface area contributed by atoms with Crippen molar-refractivity contribution >= 4 is 16.8 Å². The van der Waals surface area contributed by atoms with E-state index in [1.807, 2.05) is 29.1 Å². The molecule has 0 radical (unpaired) electrons. The molecule has 0 aliphatic heterocycles. The molecule has 0 fully saturated rings. The van der Waals surface area contributed by atoms with Crippen molar-refractivity contribution in [2.45, 2.75) is 26.7 Å². The molecule has 3 aromatic carbocycles. The molecule has 0 saturated carbocycles. The average molecular weight is 416 g/mol. The number of amides is 1. The lowest BCUT2D eigenvalue weighted by molar-refractivity contribution is -0.119. The van der Waals surface area contributed by atoms with Crippen LogP contribution in [0.25, 0.3) is 16.6 Å². The Labute approximate surface area is 181 Å². The fourth-order valence-electron chi connectivity index (χ4n) is 4.21. The Balaban J connectivity index is 1.77. The minimum atomic E-state index is -0.269. The number of benzene rings is 3. The zero-order valence-electron chi connectivity index (χ0n) is 18.0. The molecule has 0 bridgehead atoms. The summed E-state index contributed by atoms with van der Waals surface area (Å²) in [4.78, 5) is 11.6. The highest BCUT2D eigenvalue weighted by atomic mass is 19.1. The summed E-state index contributed by atoms with van der Waals surface area (Å²) >= 11 is 0. The van der Waals surface area contributed by atoms with Crippen molar-refractivity contribution in [3.05, 3.63) is 95.9 Å². The summed E-state index contributed by atoms with van der Waals surface area (Å²) in [7, 11) is 0. The molecule has 0 saturated heterocycles. The predicted molar refractivity (Wildman–Crippen MR) is 122 cm³/mol. The summed E-state index contributed by atoms with van der Waals surface area (Å²) < 4.78 is 15.1. The van der Waals surface area contributed by atoms with Crippen molar-refractivity contribution in [3.63, 3.8) is 0 Å². The molecule has 4 rings (SSSR count). The maximum Gasteiger partial charge on any atom is 0.216 e. The van der Waals surface area contributed by atoms with Crippen molar-refractivity contribution < 1.29 is 9.18 Å². The summed E-state index contributed by atoms with van der Waals surface area (Å²) in [5.41, 5.74) is 3.92. The zero-order chi connectivity index (χ0) is 22.0. The molecule has 1 unspecified atom stereocenters. The second-order valence-corrected chi connectivity index (χ2v) is 8.59. The summed E-state index contributed by atoms with van der Waals surface area (Å²) in [5, 5.41) is 8.53. The quantitative estimate of drug-likeness (QED) is 0.455. The first-order valence-corrected chi connectivity index (χ1v) is 10.4. The fraction of sp³-hybridized carbons (Fsp3) is 0.231. The Kier molecular flexibility index (Phi) is 5.59. The van der Waals surface area contributed by atoms with Gasteiger partial charge in [-0.2, -0.15) is 5.10 Å². The maximum absolute atomic E-state index is 13.3. The molecule has 4 aromatic rings. The van der Waals surface area contributed by atoms with E-state index in [4.69, 9.17) is 0 Å². The molecule has 1 aromatic heterocycles. The van der Waals surface area contributed by atoms with Gasteiger partial charge in [-0.1, -0.05) is 50.2 Å². The van der Waals surface area contributed by atoms with Crippen LogP contribution < -0.4 is 5.32 Å². The zero-order valence-corrected chi connectivity index (χ0v) is 18.0. The Morgan fingerprint density at radius 2 is 1.74 bits per heavy atom. The highest BCUT2D eigenvalue weighted by Crippen LogP contribution is 2.41. The highest BCUT2D eigenvalue weighted by Gasteiger charge is 2.32. The van der Waals surface area contributed by atoms with Crippen LogP contribution in [-0.2, 0) is 4.79 Å². The van der Waals surface area contributed by atoms with Crippen molar-refractivity contribution in [1.29, 1.82) is 0 Å². The smallest absolute Gasteiger partial charge is 0.216 e. The third-order valence-corrected chi connectivity index (χ3v) is 5.70. The first kappa shape index (κ1) is 20.8. The number of nitrogens with one attached hydrogen (secondary N) is 1. The molecule has 0 spiro atoms. The summed E-state index contributed by atoms with van der Waals surface area (Å²) in [6.07, 6.45) is 1.84. The molecule has 1 heterocycles. The molecule has 31 heavy (non-hydrogen) atoms. The van der Waals surface area contributed by atoms with E-state index in [9.17, 15) is 9.18 Å². The minimum absolute atomic E-state index is 0.0316. The van der Waals surface area contributed by atoms with Crippen molar-refractivity contribution in [3.8, 4) is 5.69 Å². The topological polar surface area (TPSA) is 46.9 Å². The summed E-state index contributed by atoms with van der Waals surface area (Å²) in [6, 6.07) is 23.0. The van der Waals surface area contributed by atoms with Gasteiger partial charge in [0.2, 0.25) is 5.91 Å². The van der Waals surface area contributed by atoms with E-state index in [1.54, 1.807) is 19.1 Å². The lowest BCUT2D eigenvalue weighted by Gasteiger charge is -2.35. The van der Waals surface area contributed by atoms with Crippen LogP contribution in [0.15, 0.2) is 79.0 Å². The van der Waals surface area contributed by atoms with Crippen molar-refractivity contribution in [2.75, 3.05) is 6.54 Å². The minimum Gasteiger partial charge on any atom is -0.356 e. The monoisotopic (exact) mass is 415 g/mol. The third kappa shape index (κ3) is 4.36. The molecule has 1 atom stereocenters. The number of hydrogen-bond acceptors (Lipinski definition) is 2. The van der Waals surface area contributed by atoms with Crippen LogP contribution in [0.4, 0.5) is 4.39 Å². The van der Waals surface area contributed by atoms with Gasteiger partial charge in [-0.3, -0.25) is 4.79 Å². The first-order chi connectivity index (χ1) is 14.8. The molecular weight excluding hydrogens is 389 g/mol. The Morgan fingerprint density at radius 3 is 2.42 bits per heavy atom. The van der Waals surface area contributed by atoms with Crippen LogP contribution >= 0.6 is 0 Å². The van der Waals surface area contributed by atoms with Gasteiger partial charge in [0.15, 0.2) is 0 Å². The number of rotatable bonds is 6. The van der Waals surface area contributed by atoms with Crippen LogP contribution in [0.5, 0.6) is 0 Å². The van der Waals surface area contributed by atoms with Gasteiger partial charge in [-0.05, 0) is 52.9 Å². The first-order valence-electron chi connectivity index (χ1n) is 10.4. The van der Waals surface area contributed by atoms with E-state index in [1.165, 1.54) is 17.7 Å². The van der Waals surface area contributed by atoms with Gasteiger partial charge in [0.1, 0.15) is 5.82 Å². The molecule has 1 amide bonds. The summed E-state index contributed by atoms with van der Waals surface area (Å²) in [6.45, 7) is 6.46. The Morgan fingerprint density at radius 1 is 1.03 bits per heavy atom. The number of carbonyl (C=O) groups excluding carboxylic acids is 1. The Hall–Kier alpha value is -3.47. The molecule has 1 N–H and O–H groups in total. The van der Waals surface area contributed by atoms with E-state index in [0.29, 0.717) is 6.54 Å². The van der Waals surface area contributed by atoms with E-state index >= 15 is 0 Å². The van der Waals surface area contributed by atoms with Crippen molar-refractivity contribution in [2.24, 2.45) is 5.41 Å². The van der Waals surface area contributed by atoms with Gasteiger partial charge >= 0.3 is 0 Å². The van der Waals surface area contributed by atoms with E-state index in [0.717, 1.165) is 22.2 Å². The third-order valence-electron chi connectivity index (χ3n) is 5.70. The second kappa shape index (κ2) is 8.34. The standard InChI is InChI=1S/C26H26FN3O/c1-18(31)28-17-26(2,3)25(19-7-5-4-6-8-19)20-9-14-24-21(15-20)16-29-30(24)23-12-10-22(27)11-13-23/h4-16,25H,17H2,1-3H3,(H,28,31). The number of fused-ring (bicyclic) bond motifs is 1. The molecule has 158 valence electrons. The normalized spacial score (nSPS) is 12.6. The van der Waals surface area contributed by atoms with Gasteiger partial charge in [-0.15, -0.1) is 0 Å². The fourth-order valence-corrected chi connectivity index (χ4v) is 4.21. The Bertz CT molecular complexity index is 1200. The van der Waals surface area contributed by atoms with Gasteiger partial charge in [0.05, 0.1) is 17.4 Å². The lowest BCUT2D eigenvalue weighted by Crippen LogP contribution is -2.37. The molecule has 4 nitrogen and oxygen atoms in total. The average Bonchev–Trinajstić information content (AvgIpc) is 3.17. The van der Waals surface area contributed by atoms with Gasteiger partial charge in [0.25, 0.3) is 0 Å². The van der Waals surface area contributed by atoms with Gasteiger partial charge in [0, 0.05) is 24.8 Å². The van der Waals surface area contributed by atoms with E-state index < -0.39 is 0 Å². The number of nitrogens with zero attached hydrogens (tertiary/aromatic N) is 2. The largest absolute Gasteiger partial charge is 0.356 e. The van der Waals surface area contributed by atoms with Crippen molar-refractivity contribution in [1.82, 2.24) is 15.1 Å². The number of hydrogen-bond donors (Lipinski definition) is 1. The summed E-state index contributed by atoms with van der Waals surface area (Å²) in [5.74, 6) is -0.218. The molecule has 0 aliphatic rings. The van der Waals surface area contributed by atoms with Gasteiger partial charge < -0.3 is 5.32 Å². The van der Waals surface area contributed by atoms with Crippen LogP contribution in [0.1, 0.15) is 37.8 Å². The van der Waals surface area contributed by atoms with Crippen LogP contribution in [0.3, 0.4) is 0 Å². The predicted octanol–water partition coefficient (Wildman–Crippen LogP) is 5.46. The number of aromatic nitrogens is 2.